The van der Waals surface area contributed by atoms with E-state index in [4.69, 9.17) is 23.7 Å². The molecule has 1 aromatic carbocycles. The van der Waals surface area contributed by atoms with E-state index in [0.717, 1.165) is 11.1 Å². The summed E-state index contributed by atoms with van der Waals surface area (Å²) >= 11 is 0. The highest BCUT2D eigenvalue weighted by molar-refractivity contribution is 6.59. The van der Waals surface area contributed by atoms with Gasteiger partial charge in [-0.25, -0.2) is 0 Å². The van der Waals surface area contributed by atoms with Crippen LogP contribution in [-0.4, -0.2) is 70.0 Å². The summed E-state index contributed by atoms with van der Waals surface area (Å²) in [5.74, 6) is 0. The topological polar surface area (TPSA) is 86.6 Å². The van der Waals surface area contributed by atoms with E-state index in [-0.39, 0.29) is 13.2 Å². The second-order valence-corrected chi connectivity index (χ2v) is 5.31. The third kappa shape index (κ3) is 6.86. The highest BCUT2D eigenvalue weighted by atomic mass is 16.6. The lowest BCUT2D eigenvalue weighted by atomic mass is 9.74. The summed E-state index contributed by atoms with van der Waals surface area (Å²) in [6.45, 7) is 4.36. The summed E-state index contributed by atoms with van der Waals surface area (Å²) in [5.41, 5.74) is 1.90. The first kappa shape index (κ1) is 19.3. The van der Waals surface area contributed by atoms with E-state index in [2.05, 4.69) is 0 Å². The van der Waals surface area contributed by atoms with Crippen molar-refractivity contribution in [2.24, 2.45) is 0 Å². The number of hydrogen-bond acceptors (Lipinski definition) is 7. The van der Waals surface area contributed by atoms with Crippen LogP contribution in [-0.2, 0) is 36.9 Å². The van der Waals surface area contributed by atoms with E-state index >= 15 is 0 Å². The van der Waals surface area contributed by atoms with Gasteiger partial charge in [-0.05, 0) is 16.6 Å². The van der Waals surface area contributed by atoms with Crippen molar-refractivity contribution in [2.75, 3.05) is 52.9 Å². The van der Waals surface area contributed by atoms with E-state index in [0.29, 0.717) is 58.3 Å². The lowest BCUT2D eigenvalue weighted by Crippen LogP contribution is -2.36. The summed E-state index contributed by atoms with van der Waals surface area (Å²) in [4.78, 5) is 0. The molecular weight excluding hydrogens is 315 g/mol. The fourth-order valence-corrected chi connectivity index (χ4v) is 2.39. The molecule has 0 amide bonds. The van der Waals surface area contributed by atoms with Crippen LogP contribution in [0.4, 0.5) is 0 Å². The Balaban J connectivity index is 1.98. The minimum atomic E-state index is -1.57. The molecule has 0 aliphatic carbocycles. The van der Waals surface area contributed by atoms with Gasteiger partial charge in [0.15, 0.2) is 0 Å². The molecule has 0 spiro atoms. The van der Waals surface area contributed by atoms with E-state index in [1.807, 2.05) is 18.2 Å². The van der Waals surface area contributed by atoms with Crippen molar-refractivity contribution in [1.82, 2.24) is 0 Å². The summed E-state index contributed by atoms with van der Waals surface area (Å²) in [7, 11) is -1.57. The van der Waals surface area contributed by atoms with Crippen molar-refractivity contribution in [3.05, 3.63) is 29.3 Å². The molecule has 0 atom stereocenters. The molecule has 24 heavy (non-hydrogen) atoms. The molecule has 134 valence electrons. The molecule has 8 heteroatoms. The molecule has 0 fully saturated rings. The van der Waals surface area contributed by atoms with Gasteiger partial charge in [-0.1, -0.05) is 18.2 Å². The summed E-state index contributed by atoms with van der Waals surface area (Å²) in [6, 6.07) is 5.48. The van der Waals surface area contributed by atoms with Gasteiger partial charge in [0.05, 0.1) is 66.1 Å². The SMILES string of the molecule is OB(O)c1c2cccc1COCCOCCOCCOCCOC2. The largest absolute Gasteiger partial charge is 0.489 e. The fraction of sp³-hybridized carbons (Fsp3) is 0.625. The van der Waals surface area contributed by atoms with E-state index < -0.39 is 7.12 Å². The third-order valence-corrected chi connectivity index (χ3v) is 3.55. The van der Waals surface area contributed by atoms with Crippen molar-refractivity contribution in [2.45, 2.75) is 13.2 Å². The van der Waals surface area contributed by atoms with Gasteiger partial charge in [0.25, 0.3) is 0 Å². The van der Waals surface area contributed by atoms with Crippen molar-refractivity contribution in [3.63, 3.8) is 0 Å². The molecule has 0 saturated heterocycles. The Morgan fingerprint density at radius 2 is 1.00 bits per heavy atom. The maximum atomic E-state index is 9.69. The van der Waals surface area contributed by atoms with Gasteiger partial charge < -0.3 is 33.7 Å². The number of ether oxygens (including phenoxy) is 5. The van der Waals surface area contributed by atoms with Gasteiger partial charge in [0, 0.05) is 0 Å². The smallest absolute Gasteiger partial charge is 0.423 e. The Kier molecular flexibility index (Phi) is 9.30. The summed E-state index contributed by atoms with van der Waals surface area (Å²) in [6.07, 6.45) is 0. The van der Waals surface area contributed by atoms with Crippen molar-refractivity contribution in [1.29, 1.82) is 0 Å². The predicted molar refractivity (Wildman–Crippen MR) is 88.0 cm³/mol. The fourth-order valence-electron chi connectivity index (χ4n) is 2.39. The number of fused-ring (bicyclic) bond motifs is 2. The summed E-state index contributed by atoms with van der Waals surface area (Å²) < 4.78 is 27.3. The standard InChI is InChI=1S/C16H25BO7/c18-17(19)16-14-2-1-3-15(16)13-24-11-9-22-7-5-20-4-6-21-8-10-23-12-14/h1-3,18-19H,4-13H2. The van der Waals surface area contributed by atoms with Crippen LogP contribution in [0.25, 0.3) is 0 Å². The third-order valence-electron chi connectivity index (χ3n) is 3.55. The Bertz CT molecular complexity index is 435. The first-order valence-electron chi connectivity index (χ1n) is 8.14. The average molecular weight is 340 g/mol. The monoisotopic (exact) mass is 340 g/mol. The predicted octanol–water partition coefficient (Wildman–Crippen LogP) is -0.537. The van der Waals surface area contributed by atoms with Gasteiger partial charge >= 0.3 is 7.12 Å². The molecule has 7 nitrogen and oxygen atoms in total. The summed E-state index contributed by atoms with van der Waals surface area (Å²) in [5, 5.41) is 19.4. The molecule has 2 bridgehead atoms. The van der Waals surface area contributed by atoms with Crippen LogP contribution in [0.2, 0.25) is 0 Å². The van der Waals surface area contributed by atoms with Crippen LogP contribution >= 0.6 is 0 Å². The van der Waals surface area contributed by atoms with Crippen molar-refractivity contribution in [3.8, 4) is 0 Å². The molecule has 1 aromatic rings. The van der Waals surface area contributed by atoms with Crippen LogP contribution in [0.3, 0.4) is 0 Å². The van der Waals surface area contributed by atoms with E-state index in [1.54, 1.807) is 0 Å². The maximum absolute atomic E-state index is 9.69. The van der Waals surface area contributed by atoms with Crippen LogP contribution in [0.5, 0.6) is 0 Å². The molecule has 0 unspecified atom stereocenters. The quantitative estimate of drug-likeness (QED) is 0.664. The van der Waals surface area contributed by atoms with Crippen molar-refractivity contribution >= 4 is 12.6 Å². The zero-order valence-corrected chi connectivity index (χ0v) is 13.8. The van der Waals surface area contributed by atoms with E-state index in [1.165, 1.54) is 0 Å². The number of hydrogen-bond donors (Lipinski definition) is 2. The average Bonchev–Trinajstić information content (AvgIpc) is 2.57. The van der Waals surface area contributed by atoms with Gasteiger partial charge in [0.2, 0.25) is 0 Å². The van der Waals surface area contributed by atoms with Crippen molar-refractivity contribution < 1.29 is 33.7 Å². The minimum absolute atomic E-state index is 0.282. The minimum Gasteiger partial charge on any atom is -0.423 e. The highest BCUT2D eigenvalue weighted by Gasteiger charge is 2.20. The zero-order valence-electron chi connectivity index (χ0n) is 13.8. The molecule has 0 radical (unpaired) electrons. The lowest BCUT2D eigenvalue weighted by Gasteiger charge is -2.15. The molecular formula is C16H25BO7. The Labute approximate surface area is 142 Å². The first-order valence-corrected chi connectivity index (χ1v) is 8.14. The van der Waals surface area contributed by atoms with Crippen LogP contribution in [0.15, 0.2) is 18.2 Å². The molecule has 2 rings (SSSR count). The lowest BCUT2D eigenvalue weighted by molar-refractivity contribution is -0.0142. The normalized spacial score (nSPS) is 19.2. The second kappa shape index (κ2) is 11.5. The molecule has 1 aliphatic heterocycles. The van der Waals surface area contributed by atoms with E-state index in [9.17, 15) is 10.0 Å². The molecule has 1 aliphatic rings. The Morgan fingerprint density at radius 3 is 1.38 bits per heavy atom. The Morgan fingerprint density at radius 1 is 0.625 bits per heavy atom. The van der Waals surface area contributed by atoms with Crippen LogP contribution < -0.4 is 5.46 Å². The highest BCUT2D eigenvalue weighted by Crippen LogP contribution is 2.07. The molecule has 1 heterocycles. The number of benzene rings is 1. The second-order valence-electron chi connectivity index (χ2n) is 5.31. The van der Waals surface area contributed by atoms with Gasteiger partial charge in [0.1, 0.15) is 0 Å². The van der Waals surface area contributed by atoms with Gasteiger partial charge in [-0.3, -0.25) is 0 Å². The van der Waals surface area contributed by atoms with Crippen LogP contribution in [0, 0.1) is 0 Å². The van der Waals surface area contributed by atoms with Gasteiger partial charge in [-0.15, -0.1) is 0 Å². The van der Waals surface area contributed by atoms with Crippen LogP contribution in [0.1, 0.15) is 11.1 Å². The maximum Gasteiger partial charge on any atom is 0.489 e. The zero-order chi connectivity index (χ0) is 17.0. The number of rotatable bonds is 1. The molecule has 2 N–H and O–H groups in total. The molecule has 0 aromatic heterocycles. The molecule has 0 saturated carbocycles. The first-order chi connectivity index (χ1) is 11.8. The Hall–Kier alpha value is -0.995. The van der Waals surface area contributed by atoms with Gasteiger partial charge in [-0.2, -0.15) is 0 Å².